The van der Waals surface area contributed by atoms with Gasteiger partial charge in [-0.25, -0.2) is 5.43 Å². The Morgan fingerprint density at radius 1 is 0.941 bits per heavy atom. The second kappa shape index (κ2) is 10.6. The van der Waals surface area contributed by atoms with Gasteiger partial charge in [0.25, 0.3) is 0 Å². The number of hydrogen-bond donors (Lipinski definition) is 5. The lowest BCUT2D eigenvalue weighted by Gasteiger charge is -2.35. The summed E-state index contributed by atoms with van der Waals surface area (Å²) in [5, 5.41) is 9.59. The second-order valence-electron chi connectivity index (χ2n) is 9.77. The van der Waals surface area contributed by atoms with Crippen molar-refractivity contribution >= 4 is 11.8 Å². The molecule has 5 rings (SSSR count). The van der Waals surface area contributed by atoms with Crippen LogP contribution in [0.3, 0.4) is 0 Å². The van der Waals surface area contributed by atoms with Crippen molar-refractivity contribution in [1.82, 2.24) is 31.8 Å². The molecule has 6 atom stereocenters. The van der Waals surface area contributed by atoms with Crippen LogP contribution in [0.25, 0.3) is 0 Å². The van der Waals surface area contributed by atoms with Crippen LogP contribution in [-0.2, 0) is 16.1 Å². The van der Waals surface area contributed by atoms with Gasteiger partial charge in [0.15, 0.2) is 0 Å². The molecule has 4 unspecified atom stereocenters. The number of nitrogens with one attached hydrogen (secondary N) is 5. The van der Waals surface area contributed by atoms with Crippen LogP contribution in [0.15, 0.2) is 54.9 Å². The zero-order chi connectivity index (χ0) is 23.3. The first kappa shape index (κ1) is 23.0. The van der Waals surface area contributed by atoms with Gasteiger partial charge in [-0.1, -0.05) is 30.3 Å². The third kappa shape index (κ3) is 5.29. The summed E-state index contributed by atoms with van der Waals surface area (Å²) in [4.78, 5) is 29.8. The van der Waals surface area contributed by atoms with Gasteiger partial charge in [-0.05, 0) is 61.3 Å². The van der Waals surface area contributed by atoms with Crippen LogP contribution in [-0.4, -0.2) is 41.5 Å². The van der Waals surface area contributed by atoms with Crippen molar-refractivity contribution in [2.24, 2.45) is 11.8 Å². The number of piperidine rings is 1. The molecule has 1 aromatic carbocycles. The first-order chi connectivity index (χ1) is 16.7. The van der Waals surface area contributed by atoms with E-state index < -0.39 is 0 Å². The van der Waals surface area contributed by atoms with Gasteiger partial charge in [0.2, 0.25) is 11.8 Å². The number of hydrazine groups is 1. The summed E-state index contributed by atoms with van der Waals surface area (Å²) in [7, 11) is 0. The molecule has 2 amide bonds. The van der Waals surface area contributed by atoms with E-state index in [1.807, 2.05) is 54.9 Å². The SMILES string of the molecule is O=C(N[C@@H]1CC[C@@H](C(=O)NCc2ccccc2)NC1)C1CCC2NNC(c3ccncc3)C2C1. The molecule has 1 aliphatic carbocycles. The molecule has 180 valence electrons. The maximum absolute atomic E-state index is 13.1. The molecule has 8 nitrogen and oxygen atoms in total. The number of carbonyl (C=O) groups is 2. The minimum absolute atomic E-state index is 0.0235. The first-order valence-electron chi connectivity index (χ1n) is 12.4. The van der Waals surface area contributed by atoms with Crippen LogP contribution in [0.4, 0.5) is 0 Å². The molecular formula is C26H34N6O2. The Labute approximate surface area is 200 Å². The van der Waals surface area contributed by atoms with Gasteiger partial charge < -0.3 is 16.0 Å². The fourth-order valence-electron chi connectivity index (χ4n) is 5.63. The molecule has 1 aromatic heterocycles. The number of aromatic nitrogens is 1. The average molecular weight is 463 g/mol. The second-order valence-corrected chi connectivity index (χ2v) is 9.77. The fourth-order valence-corrected chi connectivity index (χ4v) is 5.63. The molecule has 3 aliphatic rings. The molecule has 8 heteroatoms. The molecular weight excluding hydrogens is 428 g/mol. The lowest BCUT2D eigenvalue weighted by atomic mass is 9.74. The van der Waals surface area contributed by atoms with E-state index in [4.69, 9.17) is 0 Å². The normalized spacial score (nSPS) is 30.8. The van der Waals surface area contributed by atoms with Crippen LogP contribution in [0.2, 0.25) is 0 Å². The Morgan fingerprint density at radius 3 is 2.53 bits per heavy atom. The van der Waals surface area contributed by atoms with E-state index >= 15 is 0 Å². The highest BCUT2D eigenvalue weighted by molar-refractivity contribution is 5.82. The summed E-state index contributed by atoms with van der Waals surface area (Å²) in [6, 6.07) is 14.5. The fraction of sp³-hybridized carbons (Fsp3) is 0.500. The molecule has 2 aliphatic heterocycles. The number of nitrogens with zero attached hydrogens (tertiary/aromatic N) is 1. The Hall–Kier alpha value is -2.81. The van der Waals surface area contributed by atoms with Gasteiger partial charge in [-0.15, -0.1) is 0 Å². The van der Waals surface area contributed by atoms with Gasteiger partial charge >= 0.3 is 0 Å². The number of rotatable bonds is 6. The highest BCUT2D eigenvalue weighted by atomic mass is 16.2. The van der Waals surface area contributed by atoms with Crippen molar-refractivity contribution in [2.75, 3.05) is 6.54 Å². The van der Waals surface area contributed by atoms with E-state index in [9.17, 15) is 9.59 Å². The minimum Gasteiger partial charge on any atom is -0.352 e. The molecule has 34 heavy (non-hydrogen) atoms. The van der Waals surface area contributed by atoms with Crippen molar-refractivity contribution in [3.8, 4) is 0 Å². The van der Waals surface area contributed by atoms with E-state index in [1.54, 1.807) is 0 Å². The van der Waals surface area contributed by atoms with E-state index in [0.29, 0.717) is 25.0 Å². The topological polar surface area (TPSA) is 107 Å². The number of fused-ring (bicyclic) bond motifs is 1. The summed E-state index contributed by atoms with van der Waals surface area (Å²) in [6.45, 7) is 1.16. The van der Waals surface area contributed by atoms with Crippen LogP contribution in [0.1, 0.15) is 49.3 Å². The van der Waals surface area contributed by atoms with Gasteiger partial charge in [-0.3, -0.25) is 20.0 Å². The highest BCUT2D eigenvalue weighted by Gasteiger charge is 2.43. The standard InChI is InChI=1S/C26H34N6O2/c33-25(19-6-8-22-21(14-19)24(32-31-22)18-10-12-27-13-11-18)30-20-7-9-23(28-16-20)26(34)29-15-17-4-2-1-3-5-17/h1-5,10-13,19-24,28,31-32H,6-9,14-16H2,(H,29,34)(H,30,33)/t19?,20-,21?,22?,23+,24?/m1/s1. The monoisotopic (exact) mass is 462 g/mol. The minimum atomic E-state index is -0.205. The molecule has 0 bridgehead atoms. The summed E-state index contributed by atoms with van der Waals surface area (Å²) in [6.07, 6.45) is 7.93. The number of hydrogen-bond acceptors (Lipinski definition) is 6. The lowest BCUT2D eigenvalue weighted by Crippen LogP contribution is -2.55. The summed E-state index contributed by atoms with van der Waals surface area (Å²) < 4.78 is 0. The molecule has 1 saturated carbocycles. The van der Waals surface area contributed by atoms with Gasteiger partial charge in [-0.2, -0.15) is 0 Å². The van der Waals surface area contributed by atoms with Gasteiger partial charge in [0, 0.05) is 43.5 Å². The largest absolute Gasteiger partial charge is 0.352 e. The zero-order valence-corrected chi connectivity index (χ0v) is 19.4. The molecule has 0 radical (unpaired) electrons. The first-order valence-corrected chi connectivity index (χ1v) is 12.4. The third-order valence-corrected chi connectivity index (χ3v) is 7.57. The molecule has 3 heterocycles. The van der Waals surface area contributed by atoms with Crippen molar-refractivity contribution in [1.29, 1.82) is 0 Å². The Morgan fingerprint density at radius 2 is 1.76 bits per heavy atom. The van der Waals surface area contributed by atoms with E-state index in [0.717, 1.165) is 37.7 Å². The molecule has 0 spiro atoms. The van der Waals surface area contributed by atoms with E-state index in [2.05, 4.69) is 31.8 Å². The predicted octanol–water partition coefficient (Wildman–Crippen LogP) is 1.57. The Bertz CT molecular complexity index is 964. The van der Waals surface area contributed by atoms with Gasteiger partial charge in [0.1, 0.15) is 0 Å². The van der Waals surface area contributed by atoms with Crippen LogP contribution in [0, 0.1) is 11.8 Å². The highest BCUT2D eigenvalue weighted by Crippen LogP contribution is 2.40. The Balaban J connectivity index is 1.08. The van der Waals surface area contributed by atoms with Crippen LogP contribution in [0.5, 0.6) is 0 Å². The predicted molar refractivity (Wildman–Crippen MR) is 129 cm³/mol. The van der Waals surface area contributed by atoms with Crippen molar-refractivity contribution in [3.05, 3.63) is 66.0 Å². The smallest absolute Gasteiger partial charge is 0.237 e. The summed E-state index contributed by atoms with van der Waals surface area (Å²) in [5.41, 5.74) is 9.17. The Kier molecular flexibility index (Phi) is 7.18. The number of benzene rings is 1. The van der Waals surface area contributed by atoms with Crippen molar-refractivity contribution in [2.45, 2.75) is 62.8 Å². The van der Waals surface area contributed by atoms with E-state index in [-0.39, 0.29) is 35.9 Å². The molecule has 5 N–H and O–H groups in total. The molecule has 2 saturated heterocycles. The number of amides is 2. The van der Waals surface area contributed by atoms with Crippen LogP contribution < -0.4 is 26.8 Å². The molecule has 2 aromatic rings. The lowest BCUT2D eigenvalue weighted by molar-refractivity contribution is -0.127. The quantitative estimate of drug-likeness (QED) is 0.446. The number of pyridine rings is 1. The average Bonchev–Trinajstić information content (AvgIpc) is 3.32. The summed E-state index contributed by atoms with van der Waals surface area (Å²) >= 11 is 0. The summed E-state index contributed by atoms with van der Waals surface area (Å²) in [5.74, 6) is 0.584. The van der Waals surface area contributed by atoms with Crippen molar-refractivity contribution < 1.29 is 9.59 Å². The zero-order valence-electron chi connectivity index (χ0n) is 19.4. The van der Waals surface area contributed by atoms with Crippen LogP contribution >= 0.6 is 0 Å². The number of carbonyl (C=O) groups excluding carboxylic acids is 2. The maximum atomic E-state index is 13.1. The third-order valence-electron chi connectivity index (χ3n) is 7.57. The van der Waals surface area contributed by atoms with Crippen molar-refractivity contribution in [3.63, 3.8) is 0 Å². The maximum Gasteiger partial charge on any atom is 0.237 e. The van der Waals surface area contributed by atoms with Gasteiger partial charge in [0.05, 0.1) is 12.1 Å². The van der Waals surface area contributed by atoms with E-state index in [1.165, 1.54) is 5.56 Å². The molecule has 3 fully saturated rings.